The summed E-state index contributed by atoms with van der Waals surface area (Å²) in [6.07, 6.45) is 1.57. The zero-order valence-corrected chi connectivity index (χ0v) is 18.1. The maximum Gasteiger partial charge on any atom is 0.243 e. The third kappa shape index (κ3) is 4.24. The van der Waals surface area contributed by atoms with Crippen molar-refractivity contribution in [3.63, 3.8) is 0 Å². The maximum absolute atomic E-state index is 14.0. The molecule has 2 atom stereocenters. The van der Waals surface area contributed by atoms with Crippen molar-refractivity contribution in [2.24, 2.45) is 5.92 Å². The van der Waals surface area contributed by atoms with Crippen LogP contribution in [0.5, 0.6) is 17.4 Å². The number of ether oxygens (including phenoxy) is 3. The van der Waals surface area contributed by atoms with Gasteiger partial charge in [-0.2, -0.15) is 5.26 Å². The van der Waals surface area contributed by atoms with Crippen LogP contribution in [0.3, 0.4) is 0 Å². The zero-order valence-electron chi connectivity index (χ0n) is 18.1. The standard InChI is InChI=1S/C24H22F2N4O3/c1-3-4-18-22-21(16(11-27)23(28)33-24(22)30-29-18)13-5-7-19(31-2)14(9-13)12-32-20-8-6-15(25)10-17(20)26/h5-10,16,21,28H,3-4,12H2,1-2H3,(H,29,30). The smallest absolute Gasteiger partial charge is 0.243 e. The predicted octanol–water partition coefficient (Wildman–Crippen LogP) is 4.87. The number of hydrogen-bond acceptors (Lipinski definition) is 6. The number of methoxy groups -OCH3 is 1. The number of aromatic amines is 1. The van der Waals surface area contributed by atoms with Gasteiger partial charge in [-0.25, -0.2) is 8.78 Å². The summed E-state index contributed by atoms with van der Waals surface area (Å²) in [6.45, 7) is 1.99. The fourth-order valence-corrected chi connectivity index (χ4v) is 4.04. The van der Waals surface area contributed by atoms with Crippen LogP contribution in [0.25, 0.3) is 0 Å². The van der Waals surface area contributed by atoms with E-state index >= 15 is 0 Å². The molecule has 2 N–H and O–H groups in total. The van der Waals surface area contributed by atoms with Crippen molar-refractivity contribution in [3.8, 4) is 23.4 Å². The van der Waals surface area contributed by atoms with Gasteiger partial charge in [0.25, 0.3) is 0 Å². The number of aromatic nitrogens is 2. The van der Waals surface area contributed by atoms with E-state index in [1.807, 2.05) is 13.0 Å². The Hall–Kier alpha value is -3.93. The summed E-state index contributed by atoms with van der Waals surface area (Å²) in [5.74, 6) is -2.29. The second-order valence-corrected chi connectivity index (χ2v) is 7.66. The Morgan fingerprint density at radius 2 is 2.00 bits per heavy atom. The van der Waals surface area contributed by atoms with Gasteiger partial charge in [-0.1, -0.05) is 19.4 Å². The van der Waals surface area contributed by atoms with Crippen molar-refractivity contribution in [1.82, 2.24) is 10.2 Å². The lowest BCUT2D eigenvalue weighted by Gasteiger charge is -2.28. The monoisotopic (exact) mass is 452 g/mol. The van der Waals surface area contributed by atoms with Gasteiger partial charge >= 0.3 is 0 Å². The molecule has 0 radical (unpaired) electrons. The molecule has 0 spiro atoms. The minimum absolute atomic E-state index is 0.0441. The minimum atomic E-state index is -0.845. The molecule has 7 nitrogen and oxygen atoms in total. The summed E-state index contributed by atoms with van der Waals surface area (Å²) in [4.78, 5) is 0. The number of fused-ring (bicyclic) bond motifs is 1. The lowest BCUT2D eigenvalue weighted by Crippen LogP contribution is -2.31. The molecule has 33 heavy (non-hydrogen) atoms. The Labute approximate surface area is 189 Å². The molecule has 0 bridgehead atoms. The Bertz CT molecular complexity index is 1230. The van der Waals surface area contributed by atoms with E-state index in [-0.39, 0.29) is 18.3 Å². The molecule has 1 aromatic heterocycles. The number of benzene rings is 2. The van der Waals surface area contributed by atoms with Gasteiger partial charge in [-0.15, -0.1) is 5.10 Å². The Morgan fingerprint density at radius 3 is 2.70 bits per heavy atom. The molecule has 2 unspecified atom stereocenters. The highest BCUT2D eigenvalue weighted by Gasteiger charge is 2.40. The molecule has 4 rings (SSSR count). The van der Waals surface area contributed by atoms with E-state index in [2.05, 4.69) is 16.3 Å². The van der Waals surface area contributed by atoms with Gasteiger partial charge in [-0.3, -0.25) is 10.5 Å². The van der Waals surface area contributed by atoms with Gasteiger partial charge in [0.15, 0.2) is 11.6 Å². The fraction of sp³-hybridized carbons (Fsp3) is 0.292. The van der Waals surface area contributed by atoms with E-state index < -0.39 is 23.5 Å². The van der Waals surface area contributed by atoms with Gasteiger partial charge in [0.1, 0.15) is 24.1 Å². The zero-order chi connectivity index (χ0) is 23.5. The first kappa shape index (κ1) is 22.3. The lowest BCUT2D eigenvalue weighted by molar-refractivity contribution is 0.281. The number of nitrogens with zero attached hydrogens (tertiary/aromatic N) is 2. The molecule has 3 aromatic rings. The van der Waals surface area contributed by atoms with Crippen molar-refractivity contribution in [3.05, 3.63) is 70.4 Å². The third-order valence-electron chi connectivity index (χ3n) is 5.56. The molecule has 9 heteroatoms. The summed E-state index contributed by atoms with van der Waals surface area (Å²) in [7, 11) is 1.51. The van der Waals surface area contributed by atoms with Crippen LogP contribution in [0, 0.1) is 34.3 Å². The van der Waals surface area contributed by atoms with E-state index in [1.54, 1.807) is 12.1 Å². The minimum Gasteiger partial charge on any atom is -0.496 e. The van der Waals surface area contributed by atoms with Crippen LogP contribution in [-0.4, -0.2) is 23.2 Å². The van der Waals surface area contributed by atoms with E-state index in [4.69, 9.17) is 19.6 Å². The SMILES string of the molecule is CCCc1[nH]nc2c1C(c1ccc(OC)c(COc3ccc(F)cc3F)c1)C(C#N)C(=N)O2. The van der Waals surface area contributed by atoms with Gasteiger partial charge < -0.3 is 14.2 Å². The first-order valence-electron chi connectivity index (χ1n) is 10.4. The van der Waals surface area contributed by atoms with E-state index in [9.17, 15) is 14.0 Å². The number of nitrogens with one attached hydrogen (secondary N) is 2. The molecule has 0 saturated carbocycles. The third-order valence-corrected chi connectivity index (χ3v) is 5.56. The molecular weight excluding hydrogens is 430 g/mol. The molecule has 0 amide bonds. The first-order valence-corrected chi connectivity index (χ1v) is 10.4. The van der Waals surface area contributed by atoms with Crippen molar-refractivity contribution in [2.45, 2.75) is 32.3 Å². The van der Waals surface area contributed by atoms with E-state index in [1.165, 1.54) is 13.2 Å². The number of aryl methyl sites for hydroxylation is 1. The lowest BCUT2D eigenvalue weighted by atomic mass is 9.78. The summed E-state index contributed by atoms with van der Waals surface area (Å²) >= 11 is 0. The van der Waals surface area contributed by atoms with Crippen molar-refractivity contribution >= 4 is 5.90 Å². The first-order chi connectivity index (χ1) is 16.0. The number of nitriles is 1. The Kier molecular flexibility index (Phi) is 6.27. The van der Waals surface area contributed by atoms with Crippen molar-refractivity contribution in [2.75, 3.05) is 7.11 Å². The largest absolute Gasteiger partial charge is 0.496 e. The summed E-state index contributed by atoms with van der Waals surface area (Å²) in [5, 5.41) is 25.2. The summed E-state index contributed by atoms with van der Waals surface area (Å²) in [5.41, 5.74) is 2.96. The van der Waals surface area contributed by atoms with E-state index in [0.717, 1.165) is 35.4 Å². The molecule has 1 aliphatic heterocycles. The molecule has 170 valence electrons. The maximum atomic E-state index is 14.0. The molecule has 2 heterocycles. The molecule has 2 aromatic carbocycles. The number of rotatable bonds is 7. The van der Waals surface area contributed by atoms with Gasteiger partial charge in [0, 0.05) is 28.8 Å². The molecular formula is C24H22F2N4O3. The highest BCUT2D eigenvalue weighted by molar-refractivity contribution is 5.84. The van der Waals surface area contributed by atoms with Gasteiger partial charge in [-0.05, 0) is 36.2 Å². The molecule has 1 aliphatic rings. The van der Waals surface area contributed by atoms with Crippen LogP contribution in [-0.2, 0) is 13.0 Å². The Balaban J connectivity index is 1.73. The highest BCUT2D eigenvalue weighted by Crippen LogP contribution is 2.44. The fourth-order valence-electron chi connectivity index (χ4n) is 4.04. The second kappa shape index (κ2) is 9.28. The topological polar surface area (TPSA) is 104 Å². The highest BCUT2D eigenvalue weighted by atomic mass is 19.1. The molecule has 0 fully saturated rings. The van der Waals surface area contributed by atoms with Crippen LogP contribution < -0.4 is 14.2 Å². The normalized spacial score (nSPS) is 17.1. The van der Waals surface area contributed by atoms with Crippen LogP contribution in [0.1, 0.15) is 41.6 Å². The van der Waals surface area contributed by atoms with Crippen molar-refractivity contribution < 1.29 is 23.0 Å². The van der Waals surface area contributed by atoms with Gasteiger partial charge in [0.2, 0.25) is 11.8 Å². The van der Waals surface area contributed by atoms with Crippen LogP contribution in [0.2, 0.25) is 0 Å². The predicted molar refractivity (Wildman–Crippen MR) is 116 cm³/mol. The second-order valence-electron chi connectivity index (χ2n) is 7.66. The summed E-state index contributed by atoms with van der Waals surface area (Å²) in [6, 6.07) is 10.6. The number of halogens is 2. The average Bonchev–Trinajstić information content (AvgIpc) is 3.19. The van der Waals surface area contributed by atoms with Crippen LogP contribution >= 0.6 is 0 Å². The van der Waals surface area contributed by atoms with E-state index in [0.29, 0.717) is 23.6 Å². The van der Waals surface area contributed by atoms with Crippen molar-refractivity contribution in [1.29, 1.82) is 10.7 Å². The average molecular weight is 452 g/mol. The summed E-state index contributed by atoms with van der Waals surface area (Å²) < 4.78 is 43.7. The molecule has 0 aliphatic carbocycles. The molecule has 0 saturated heterocycles. The Morgan fingerprint density at radius 1 is 1.21 bits per heavy atom. The van der Waals surface area contributed by atoms with Gasteiger partial charge in [0.05, 0.1) is 13.2 Å². The number of hydrogen-bond donors (Lipinski definition) is 2. The number of H-pyrrole nitrogens is 1. The quantitative estimate of drug-likeness (QED) is 0.532. The van der Waals surface area contributed by atoms with Crippen LogP contribution in [0.4, 0.5) is 8.78 Å². The van der Waals surface area contributed by atoms with Crippen LogP contribution in [0.15, 0.2) is 36.4 Å².